The molecule has 0 aromatic rings. The summed E-state index contributed by atoms with van der Waals surface area (Å²) in [5.41, 5.74) is 0. The molecule has 0 aromatic heterocycles. The number of rotatable bonds is 6. The molecule has 0 heterocycles. The predicted molar refractivity (Wildman–Crippen MR) is 57.6 cm³/mol. The largest absolute Gasteiger partial charge is 0.480 e. The number of carbonyl (C=O) groups is 2. The lowest BCUT2D eigenvalue weighted by Gasteiger charge is -2.19. The second kappa shape index (κ2) is 6.40. The molecule has 0 aliphatic rings. The van der Waals surface area contributed by atoms with Crippen molar-refractivity contribution in [3.8, 4) is 0 Å². The van der Waals surface area contributed by atoms with Crippen molar-refractivity contribution < 1.29 is 14.7 Å². The van der Waals surface area contributed by atoms with E-state index in [9.17, 15) is 9.59 Å². The van der Waals surface area contributed by atoms with E-state index < -0.39 is 18.1 Å². The maximum absolute atomic E-state index is 11.5. The third-order valence-electron chi connectivity index (χ3n) is 2.26. The number of carbonyl (C=O) groups excluding carboxylic acids is 1. The number of aliphatic carboxylic acids is 1. The van der Waals surface area contributed by atoms with Gasteiger partial charge in [-0.2, -0.15) is 0 Å². The van der Waals surface area contributed by atoms with Gasteiger partial charge in [0.15, 0.2) is 0 Å². The van der Waals surface area contributed by atoms with Gasteiger partial charge < -0.3 is 10.4 Å². The SMILES string of the molecule is CCC(C)NC(=O)C(C)NC(C)C(=O)O. The van der Waals surface area contributed by atoms with Gasteiger partial charge in [-0.15, -0.1) is 0 Å². The van der Waals surface area contributed by atoms with Crippen LogP contribution in [0.1, 0.15) is 34.1 Å². The van der Waals surface area contributed by atoms with Gasteiger partial charge in [0, 0.05) is 6.04 Å². The highest BCUT2D eigenvalue weighted by Crippen LogP contribution is 1.92. The molecule has 0 aliphatic heterocycles. The van der Waals surface area contributed by atoms with E-state index in [0.717, 1.165) is 6.42 Å². The summed E-state index contributed by atoms with van der Waals surface area (Å²) in [6, 6.07) is -1.10. The Kier molecular flexibility index (Phi) is 5.93. The summed E-state index contributed by atoms with van der Waals surface area (Å²) in [4.78, 5) is 22.0. The van der Waals surface area contributed by atoms with E-state index in [-0.39, 0.29) is 11.9 Å². The van der Waals surface area contributed by atoms with E-state index in [4.69, 9.17) is 5.11 Å². The number of nitrogens with one attached hydrogen (secondary N) is 2. The smallest absolute Gasteiger partial charge is 0.320 e. The van der Waals surface area contributed by atoms with Crippen molar-refractivity contribution in [2.24, 2.45) is 0 Å². The second-order valence-corrected chi connectivity index (χ2v) is 3.77. The fourth-order valence-electron chi connectivity index (χ4n) is 0.992. The Morgan fingerprint density at radius 3 is 2.13 bits per heavy atom. The van der Waals surface area contributed by atoms with Crippen molar-refractivity contribution in [2.75, 3.05) is 0 Å². The van der Waals surface area contributed by atoms with Gasteiger partial charge >= 0.3 is 5.97 Å². The zero-order chi connectivity index (χ0) is 12.0. The molecule has 1 amide bonds. The third kappa shape index (κ3) is 5.37. The van der Waals surface area contributed by atoms with Crippen molar-refractivity contribution in [2.45, 2.75) is 52.2 Å². The highest BCUT2D eigenvalue weighted by Gasteiger charge is 2.19. The molecule has 0 fully saturated rings. The molecule has 3 unspecified atom stereocenters. The Morgan fingerprint density at radius 2 is 1.73 bits per heavy atom. The van der Waals surface area contributed by atoms with E-state index in [1.54, 1.807) is 6.92 Å². The Bertz CT molecular complexity index is 231. The lowest BCUT2D eigenvalue weighted by Crippen LogP contribution is -2.49. The minimum Gasteiger partial charge on any atom is -0.480 e. The molecule has 0 aliphatic carbocycles. The molecule has 0 saturated heterocycles. The molecule has 0 bridgehead atoms. The van der Waals surface area contributed by atoms with E-state index in [1.165, 1.54) is 6.92 Å². The van der Waals surface area contributed by atoms with Gasteiger partial charge in [-0.3, -0.25) is 14.9 Å². The summed E-state index contributed by atoms with van der Waals surface area (Å²) in [5, 5.41) is 14.1. The number of hydrogen-bond acceptors (Lipinski definition) is 3. The van der Waals surface area contributed by atoms with Gasteiger partial charge in [-0.25, -0.2) is 0 Å². The van der Waals surface area contributed by atoms with Gasteiger partial charge in [0.05, 0.1) is 6.04 Å². The quantitative estimate of drug-likeness (QED) is 0.598. The summed E-state index contributed by atoms with van der Waals surface area (Å²) < 4.78 is 0. The minimum atomic E-state index is -0.960. The molecule has 5 heteroatoms. The molecule has 5 nitrogen and oxygen atoms in total. The Labute approximate surface area is 90.2 Å². The van der Waals surface area contributed by atoms with Crippen LogP contribution in [0.3, 0.4) is 0 Å². The van der Waals surface area contributed by atoms with Crippen LogP contribution in [0.4, 0.5) is 0 Å². The van der Waals surface area contributed by atoms with Gasteiger partial charge in [0.1, 0.15) is 6.04 Å². The van der Waals surface area contributed by atoms with Crippen LogP contribution in [0.15, 0.2) is 0 Å². The predicted octanol–water partition coefficient (Wildman–Crippen LogP) is 0.352. The number of carboxylic acid groups (broad SMARTS) is 1. The normalized spacial score (nSPS) is 16.5. The molecule has 88 valence electrons. The van der Waals surface area contributed by atoms with Crippen LogP contribution < -0.4 is 10.6 Å². The molecule has 3 N–H and O–H groups in total. The highest BCUT2D eigenvalue weighted by molar-refractivity contribution is 5.82. The first-order valence-electron chi connectivity index (χ1n) is 5.17. The Hall–Kier alpha value is -1.10. The van der Waals surface area contributed by atoms with Crippen molar-refractivity contribution >= 4 is 11.9 Å². The maximum atomic E-state index is 11.5. The fourth-order valence-corrected chi connectivity index (χ4v) is 0.992. The van der Waals surface area contributed by atoms with Gasteiger partial charge in [0.25, 0.3) is 0 Å². The summed E-state index contributed by atoms with van der Waals surface area (Å²) in [6.45, 7) is 7.04. The van der Waals surface area contributed by atoms with Crippen LogP contribution >= 0.6 is 0 Å². The summed E-state index contributed by atoms with van der Waals surface area (Å²) >= 11 is 0. The molecule has 15 heavy (non-hydrogen) atoms. The van der Waals surface area contributed by atoms with Crippen LogP contribution in [-0.2, 0) is 9.59 Å². The fraction of sp³-hybridized carbons (Fsp3) is 0.800. The Balaban J connectivity index is 4.04. The van der Waals surface area contributed by atoms with Crippen molar-refractivity contribution in [1.29, 1.82) is 0 Å². The first kappa shape index (κ1) is 13.9. The van der Waals surface area contributed by atoms with Gasteiger partial charge in [-0.05, 0) is 27.2 Å². The molecule has 0 spiro atoms. The standard InChI is InChI=1S/C10H20N2O3/c1-5-6(2)11-9(13)7(3)12-8(4)10(14)15/h6-8,12H,5H2,1-4H3,(H,11,13)(H,14,15). The number of hydrogen-bond donors (Lipinski definition) is 3. The average Bonchev–Trinajstić information content (AvgIpc) is 2.16. The van der Waals surface area contributed by atoms with E-state index >= 15 is 0 Å². The summed E-state index contributed by atoms with van der Waals surface area (Å²) in [7, 11) is 0. The van der Waals surface area contributed by atoms with Crippen LogP contribution in [0.5, 0.6) is 0 Å². The molecule has 0 radical (unpaired) electrons. The van der Waals surface area contributed by atoms with Gasteiger partial charge in [-0.1, -0.05) is 6.92 Å². The summed E-state index contributed by atoms with van der Waals surface area (Å²) in [5.74, 6) is -1.13. The molecular formula is C10H20N2O3. The van der Waals surface area contributed by atoms with E-state index in [2.05, 4.69) is 10.6 Å². The van der Waals surface area contributed by atoms with Crippen LogP contribution in [0.25, 0.3) is 0 Å². The first-order chi connectivity index (χ1) is 6.88. The number of carboxylic acids is 1. The minimum absolute atomic E-state index is 0.113. The second-order valence-electron chi connectivity index (χ2n) is 3.77. The van der Waals surface area contributed by atoms with Crippen LogP contribution in [0, 0.1) is 0 Å². The zero-order valence-corrected chi connectivity index (χ0v) is 9.70. The van der Waals surface area contributed by atoms with E-state index in [1.807, 2.05) is 13.8 Å². The Morgan fingerprint density at radius 1 is 1.20 bits per heavy atom. The lowest BCUT2D eigenvalue weighted by molar-refractivity contribution is -0.139. The molecular weight excluding hydrogens is 196 g/mol. The highest BCUT2D eigenvalue weighted by atomic mass is 16.4. The molecule has 0 aromatic carbocycles. The zero-order valence-electron chi connectivity index (χ0n) is 9.70. The first-order valence-corrected chi connectivity index (χ1v) is 5.17. The summed E-state index contributed by atoms with van der Waals surface area (Å²) in [6.07, 6.45) is 0.854. The molecule has 0 saturated carbocycles. The monoisotopic (exact) mass is 216 g/mol. The van der Waals surface area contributed by atoms with Crippen molar-refractivity contribution in [3.63, 3.8) is 0 Å². The van der Waals surface area contributed by atoms with Crippen molar-refractivity contribution in [3.05, 3.63) is 0 Å². The van der Waals surface area contributed by atoms with E-state index in [0.29, 0.717) is 0 Å². The maximum Gasteiger partial charge on any atom is 0.320 e. The van der Waals surface area contributed by atoms with Crippen LogP contribution in [-0.4, -0.2) is 35.1 Å². The van der Waals surface area contributed by atoms with Crippen molar-refractivity contribution in [1.82, 2.24) is 10.6 Å². The number of amides is 1. The van der Waals surface area contributed by atoms with Crippen LogP contribution in [0.2, 0.25) is 0 Å². The average molecular weight is 216 g/mol. The van der Waals surface area contributed by atoms with Gasteiger partial charge in [0.2, 0.25) is 5.91 Å². The molecule has 0 rings (SSSR count). The molecule has 3 atom stereocenters. The topological polar surface area (TPSA) is 78.4 Å². The third-order valence-corrected chi connectivity index (χ3v) is 2.26. The lowest BCUT2D eigenvalue weighted by atomic mass is 10.2.